The lowest BCUT2D eigenvalue weighted by molar-refractivity contribution is -0.150. The molecular formula is C25H29BrN4O3S2. The van der Waals surface area contributed by atoms with Crippen molar-refractivity contribution in [2.45, 2.75) is 70.4 Å². The molecular weight excluding hydrogens is 548 g/mol. The van der Waals surface area contributed by atoms with Crippen LogP contribution in [0, 0.1) is 5.92 Å². The van der Waals surface area contributed by atoms with Gasteiger partial charge in [0.15, 0.2) is 0 Å². The predicted molar refractivity (Wildman–Crippen MR) is 141 cm³/mol. The third-order valence-corrected chi connectivity index (χ3v) is 8.76. The number of halogens is 1. The van der Waals surface area contributed by atoms with Crippen molar-refractivity contribution >= 4 is 50.7 Å². The van der Waals surface area contributed by atoms with Gasteiger partial charge in [0.2, 0.25) is 4.73 Å². The van der Waals surface area contributed by atoms with Gasteiger partial charge in [-0.3, -0.25) is 4.79 Å². The molecule has 4 rings (SSSR count). The fourth-order valence-corrected chi connectivity index (χ4v) is 6.98. The number of carboxylic acid groups (broad SMARTS) is 1. The van der Waals surface area contributed by atoms with Gasteiger partial charge in [0.1, 0.15) is 15.6 Å². The van der Waals surface area contributed by atoms with Crippen molar-refractivity contribution in [2.75, 3.05) is 0 Å². The zero-order valence-electron chi connectivity index (χ0n) is 20.4. The Morgan fingerprint density at radius 1 is 1.23 bits per heavy atom. The molecule has 0 unspecified atom stereocenters. The number of hydrogen-bond donors (Lipinski definition) is 1. The maximum atomic E-state index is 14.2. The molecule has 0 saturated carbocycles. The molecule has 3 heterocycles. The minimum absolute atomic E-state index is 0.0570. The quantitative estimate of drug-likeness (QED) is 0.370. The maximum absolute atomic E-state index is 14.2. The zero-order chi connectivity index (χ0) is 25.5. The van der Waals surface area contributed by atoms with Crippen LogP contribution in [0.5, 0.6) is 0 Å². The van der Waals surface area contributed by atoms with Crippen LogP contribution in [-0.2, 0) is 10.2 Å². The number of aliphatic carboxylic acids is 1. The first-order chi connectivity index (χ1) is 16.4. The second-order valence-electron chi connectivity index (χ2n) is 10.5. The number of amides is 1. The summed E-state index contributed by atoms with van der Waals surface area (Å²) in [5.74, 6) is -1.59. The van der Waals surface area contributed by atoms with E-state index in [0.29, 0.717) is 26.7 Å². The van der Waals surface area contributed by atoms with Crippen molar-refractivity contribution in [3.8, 4) is 0 Å². The van der Waals surface area contributed by atoms with Crippen LogP contribution in [0.15, 0.2) is 40.6 Å². The van der Waals surface area contributed by atoms with Crippen molar-refractivity contribution in [1.82, 2.24) is 19.2 Å². The Morgan fingerprint density at radius 3 is 2.40 bits per heavy atom. The Labute approximate surface area is 221 Å². The number of carbonyl (C=O) groups is 2. The van der Waals surface area contributed by atoms with Crippen molar-refractivity contribution in [1.29, 1.82) is 0 Å². The average Bonchev–Trinajstić information content (AvgIpc) is 3.51. The predicted octanol–water partition coefficient (Wildman–Crippen LogP) is 6.30. The summed E-state index contributed by atoms with van der Waals surface area (Å²) in [7, 11) is 0. The van der Waals surface area contributed by atoms with Gasteiger partial charge in [-0.25, -0.2) is 14.8 Å². The molecule has 3 aromatic rings. The number of hydrogen-bond acceptors (Lipinski definition) is 7. The number of thiazole rings is 1. The highest BCUT2D eigenvalue weighted by molar-refractivity contribution is 9.10. The van der Waals surface area contributed by atoms with E-state index < -0.39 is 17.6 Å². The largest absolute Gasteiger partial charge is 0.479 e. The number of benzene rings is 1. The van der Waals surface area contributed by atoms with E-state index in [9.17, 15) is 14.7 Å². The Balaban J connectivity index is 1.89. The highest BCUT2D eigenvalue weighted by Gasteiger charge is 2.60. The summed E-state index contributed by atoms with van der Waals surface area (Å²) < 4.78 is 4.73. The van der Waals surface area contributed by atoms with E-state index in [2.05, 4.69) is 51.0 Å². The Kier molecular flexibility index (Phi) is 7.19. The Morgan fingerprint density at radius 2 is 1.91 bits per heavy atom. The van der Waals surface area contributed by atoms with Crippen LogP contribution in [0.25, 0.3) is 0 Å². The molecule has 1 aliphatic rings. The second-order valence-corrected chi connectivity index (χ2v) is 12.9. The topological polar surface area (TPSA) is 96.3 Å². The van der Waals surface area contributed by atoms with Gasteiger partial charge in [-0.1, -0.05) is 46.8 Å². The number of carboxylic acids is 1. The molecule has 0 bridgehead atoms. The van der Waals surface area contributed by atoms with Gasteiger partial charge in [0, 0.05) is 23.1 Å². The molecule has 0 aliphatic carbocycles. The lowest BCUT2D eigenvalue weighted by Gasteiger charge is -2.38. The van der Waals surface area contributed by atoms with Crippen molar-refractivity contribution in [2.24, 2.45) is 5.92 Å². The average molecular weight is 578 g/mol. The van der Waals surface area contributed by atoms with Crippen molar-refractivity contribution in [3.63, 3.8) is 0 Å². The minimum Gasteiger partial charge on any atom is -0.479 e. The second kappa shape index (κ2) is 9.71. The molecule has 0 radical (unpaired) electrons. The molecule has 1 saturated heterocycles. The Hall–Kier alpha value is -2.17. The van der Waals surface area contributed by atoms with E-state index in [-0.39, 0.29) is 29.6 Å². The van der Waals surface area contributed by atoms with Gasteiger partial charge in [0.25, 0.3) is 5.91 Å². The fourth-order valence-electron chi connectivity index (χ4n) is 4.98. The molecule has 1 aliphatic heterocycles. The van der Waals surface area contributed by atoms with Crippen molar-refractivity contribution < 1.29 is 14.7 Å². The van der Waals surface area contributed by atoms with Gasteiger partial charge in [0.05, 0.1) is 6.04 Å². The number of likely N-dealkylation sites (tertiary alicyclic amines) is 1. The van der Waals surface area contributed by atoms with Crippen LogP contribution < -0.4 is 0 Å². The summed E-state index contributed by atoms with van der Waals surface area (Å²) in [5.41, 5.74) is 0.119. The third-order valence-electron chi connectivity index (χ3n) is 6.48. The van der Waals surface area contributed by atoms with Gasteiger partial charge < -0.3 is 10.0 Å². The molecule has 1 fully saturated rings. The highest BCUT2D eigenvalue weighted by atomic mass is 79.9. The third kappa shape index (κ3) is 4.93. The lowest BCUT2D eigenvalue weighted by Crippen LogP contribution is -2.54. The van der Waals surface area contributed by atoms with Crippen LogP contribution in [-0.4, -0.2) is 41.8 Å². The van der Waals surface area contributed by atoms with Crippen LogP contribution in [0.3, 0.4) is 0 Å². The number of carbonyl (C=O) groups excluding carboxylic acids is 1. The van der Waals surface area contributed by atoms with Gasteiger partial charge in [-0.2, -0.15) is 4.37 Å². The minimum atomic E-state index is -1.40. The molecule has 0 spiro atoms. The van der Waals surface area contributed by atoms with E-state index in [1.54, 1.807) is 23.2 Å². The summed E-state index contributed by atoms with van der Waals surface area (Å²) in [6.07, 6.45) is 2.27. The van der Waals surface area contributed by atoms with Crippen LogP contribution >= 0.6 is 38.8 Å². The van der Waals surface area contributed by atoms with Gasteiger partial charge in [-0.05, 0) is 69.3 Å². The summed E-state index contributed by atoms with van der Waals surface area (Å²) in [6, 6.07) is 6.95. The molecule has 1 amide bonds. The molecule has 2 aromatic heterocycles. The molecule has 186 valence electrons. The number of aromatic nitrogens is 3. The maximum Gasteiger partial charge on any atom is 0.329 e. The van der Waals surface area contributed by atoms with Crippen LogP contribution in [0.2, 0.25) is 0 Å². The summed E-state index contributed by atoms with van der Waals surface area (Å²) >= 11 is 5.98. The van der Waals surface area contributed by atoms with Crippen LogP contribution in [0.1, 0.15) is 85.4 Å². The molecule has 1 N–H and O–H groups in total. The monoisotopic (exact) mass is 576 g/mol. The summed E-state index contributed by atoms with van der Waals surface area (Å²) in [5, 5.41) is 13.9. The van der Waals surface area contributed by atoms with E-state index in [1.165, 1.54) is 22.9 Å². The van der Waals surface area contributed by atoms with E-state index >= 15 is 0 Å². The van der Waals surface area contributed by atoms with E-state index in [0.717, 1.165) is 5.56 Å². The first kappa shape index (κ1) is 25.9. The lowest BCUT2D eigenvalue weighted by atomic mass is 9.83. The summed E-state index contributed by atoms with van der Waals surface area (Å²) in [4.78, 5) is 37.9. The fraction of sp³-hybridized carbons (Fsp3) is 0.480. The molecule has 35 heavy (non-hydrogen) atoms. The molecule has 1 aromatic carbocycles. The summed E-state index contributed by atoms with van der Waals surface area (Å²) in [6.45, 7) is 10.3. The SMILES string of the molecule is CC(C)C[C@@]1(C(=O)O)C[C@@H](c2nc(Br)ns2)[C@H](c2nccs2)N1C(=O)c1ccc(C(C)(C)C)cc1. The molecule has 7 nitrogen and oxygen atoms in total. The van der Waals surface area contributed by atoms with E-state index in [4.69, 9.17) is 0 Å². The van der Waals surface area contributed by atoms with Crippen molar-refractivity contribution in [3.05, 3.63) is 61.7 Å². The van der Waals surface area contributed by atoms with Gasteiger partial charge >= 0.3 is 5.97 Å². The first-order valence-corrected chi connectivity index (χ1v) is 13.9. The number of nitrogens with zero attached hydrogens (tertiary/aromatic N) is 4. The van der Waals surface area contributed by atoms with Gasteiger partial charge in [-0.15, -0.1) is 11.3 Å². The Bertz CT molecular complexity index is 1200. The van der Waals surface area contributed by atoms with Crippen LogP contribution in [0.4, 0.5) is 0 Å². The highest BCUT2D eigenvalue weighted by Crippen LogP contribution is 2.55. The normalized spacial score (nSPS) is 22.7. The van der Waals surface area contributed by atoms with E-state index in [1.807, 2.05) is 31.4 Å². The molecule has 3 atom stereocenters. The molecule has 10 heteroatoms. The standard InChI is InChI=1S/C25H29BrN4O3S2/c1-14(2)12-25(22(32)33)13-17(19-28-23(26)29-35-19)18(20-27-10-11-34-20)30(25)21(31)15-6-8-16(9-7-15)24(3,4)5/h6-11,14,17-18H,12-13H2,1-5H3,(H,32,33)/t17-,18-,25+/m1/s1. The zero-order valence-corrected chi connectivity index (χ0v) is 23.6. The first-order valence-electron chi connectivity index (χ1n) is 11.5. The smallest absolute Gasteiger partial charge is 0.329 e. The number of rotatable bonds is 6.